The van der Waals surface area contributed by atoms with E-state index in [2.05, 4.69) is 158 Å². The Balaban J connectivity index is 1.06. The number of fused-ring (bicyclic) bond motifs is 7. The van der Waals surface area contributed by atoms with Gasteiger partial charge in [0.1, 0.15) is 11.5 Å². The van der Waals surface area contributed by atoms with E-state index in [-0.39, 0.29) is 0 Å². The first-order valence-electron chi connectivity index (χ1n) is 15.7. The molecule has 1 aliphatic rings. The molecule has 2 heteroatoms. The molecule has 0 amide bonds. The molecular formula is C44H26OS. The second-order valence-electron chi connectivity index (χ2n) is 12.1. The molecule has 46 heavy (non-hydrogen) atoms. The first-order valence-corrected chi connectivity index (χ1v) is 16.5. The number of benzene rings is 8. The van der Waals surface area contributed by atoms with E-state index in [4.69, 9.17) is 4.74 Å². The predicted octanol–water partition coefficient (Wildman–Crippen LogP) is 13.1. The van der Waals surface area contributed by atoms with Gasteiger partial charge in [-0.05, 0) is 91.5 Å². The van der Waals surface area contributed by atoms with Crippen LogP contribution in [-0.2, 0) is 0 Å². The summed E-state index contributed by atoms with van der Waals surface area (Å²) in [6, 6.07) is 57.2. The number of hydrogen-bond acceptors (Lipinski definition) is 2. The zero-order valence-corrected chi connectivity index (χ0v) is 25.6. The average molecular weight is 603 g/mol. The molecule has 1 nitrogen and oxygen atoms in total. The molecule has 0 fully saturated rings. The summed E-state index contributed by atoms with van der Waals surface area (Å²) in [4.78, 5) is 0. The van der Waals surface area contributed by atoms with Gasteiger partial charge in [-0.3, -0.25) is 0 Å². The van der Waals surface area contributed by atoms with Crippen LogP contribution in [0.15, 0.2) is 158 Å². The van der Waals surface area contributed by atoms with Crippen molar-refractivity contribution in [1.29, 1.82) is 0 Å². The SMILES string of the molecule is c1cc(-c2cccc(-c3cccc4c3sc3ccccc34)c2)cc(-c2ccc3c(c2)-c2cccc4c2c(cc2ccccc24)O3)c1. The highest BCUT2D eigenvalue weighted by Gasteiger charge is 2.22. The Kier molecular flexibility index (Phi) is 5.51. The first-order chi connectivity index (χ1) is 22.8. The van der Waals surface area contributed by atoms with Crippen LogP contribution in [0.2, 0.25) is 0 Å². The van der Waals surface area contributed by atoms with Crippen molar-refractivity contribution in [2.45, 2.75) is 0 Å². The average Bonchev–Trinajstić information content (AvgIpc) is 3.51. The van der Waals surface area contributed by atoms with Crippen LogP contribution >= 0.6 is 11.3 Å². The molecule has 0 saturated heterocycles. The summed E-state index contributed by atoms with van der Waals surface area (Å²) in [6.45, 7) is 0. The summed E-state index contributed by atoms with van der Waals surface area (Å²) >= 11 is 1.88. The highest BCUT2D eigenvalue weighted by molar-refractivity contribution is 7.26. The minimum absolute atomic E-state index is 0.901. The van der Waals surface area contributed by atoms with E-state index in [1.807, 2.05) is 11.3 Å². The van der Waals surface area contributed by atoms with Crippen LogP contribution in [0.25, 0.3) is 86.2 Å². The molecule has 0 bridgehead atoms. The van der Waals surface area contributed by atoms with E-state index in [0.29, 0.717) is 0 Å². The van der Waals surface area contributed by atoms with Gasteiger partial charge in [0.15, 0.2) is 0 Å². The second kappa shape index (κ2) is 9.90. The lowest BCUT2D eigenvalue weighted by atomic mass is 9.90. The minimum atomic E-state index is 0.901. The third-order valence-corrected chi connectivity index (χ3v) is 10.7. The summed E-state index contributed by atoms with van der Waals surface area (Å²) in [5, 5.41) is 7.53. The topological polar surface area (TPSA) is 9.23 Å². The minimum Gasteiger partial charge on any atom is -0.456 e. The fourth-order valence-corrected chi connectivity index (χ4v) is 8.51. The van der Waals surface area contributed by atoms with E-state index in [0.717, 1.165) is 17.1 Å². The van der Waals surface area contributed by atoms with Gasteiger partial charge >= 0.3 is 0 Å². The van der Waals surface area contributed by atoms with E-state index < -0.39 is 0 Å². The Morgan fingerprint density at radius 3 is 1.85 bits per heavy atom. The van der Waals surface area contributed by atoms with Crippen LogP contribution in [0.3, 0.4) is 0 Å². The third-order valence-electron chi connectivity index (χ3n) is 9.45. The first kappa shape index (κ1) is 25.6. The van der Waals surface area contributed by atoms with Crippen molar-refractivity contribution in [3.63, 3.8) is 0 Å². The maximum Gasteiger partial charge on any atom is 0.136 e. The third kappa shape index (κ3) is 3.87. The van der Waals surface area contributed by atoms with Crippen molar-refractivity contribution in [1.82, 2.24) is 0 Å². The molecule has 0 unspecified atom stereocenters. The van der Waals surface area contributed by atoms with Crippen molar-refractivity contribution in [2.24, 2.45) is 0 Å². The molecule has 0 atom stereocenters. The van der Waals surface area contributed by atoms with Crippen LogP contribution in [0.1, 0.15) is 0 Å². The van der Waals surface area contributed by atoms with E-state index in [1.165, 1.54) is 80.7 Å². The van der Waals surface area contributed by atoms with Crippen molar-refractivity contribution >= 4 is 53.1 Å². The van der Waals surface area contributed by atoms with E-state index in [9.17, 15) is 0 Å². The van der Waals surface area contributed by atoms with Gasteiger partial charge in [-0.15, -0.1) is 11.3 Å². The lowest BCUT2D eigenvalue weighted by molar-refractivity contribution is 0.488. The van der Waals surface area contributed by atoms with Crippen LogP contribution in [0.4, 0.5) is 0 Å². The van der Waals surface area contributed by atoms with E-state index >= 15 is 0 Å². The number of rotatable bonds is 3. The lowest BCUT2D eigenvalue weighted by Crippen LogP contribution is -1.98. The standard InChI is InChI=1S/C44H26OS/c1-2-14-33-32(9-1)26-41-43-36(33)17-8-18-37(43)39-25-30(21-22-40(39)45-41)28-11-5-10-27(23-28)29-12-6-13-31(24-29)34-16-7-19-38-35-15-3-4-20-42(35)46-44(34)38/h1-26H. The highest BCUT2D eigenvalue weighted by atomic mass is 32.1. The Labute approximate surface area is 270 Å². The van der Waals surface area contributed by atoms with Crippen molar-refractivity contribution in [2.75, 3.05) is 0 Å². The molecule has 0 N–H and O–H groups in total. The summed E-state index contributed by atoms with van der Waals surface area (Å²) in [7, 11) is 0. The maximum atomic E-state index is 6.55. The van der Waals surface area contributed by atoms with Crippen LogP contribution in [0.5, 0.6) is 11.5 Å². The molecule has 0 spiro atoms. The monoisotopic (exact) mass is 602 g/mol. The van der Waals surface area contributed by atoms with Crippen LogP contribution < -0.4 is 4.74 Å². The molecule has 1 aromatic heterocycles. The maximum absolute atomic E-state index is 6.55. The number of ether oxygens (including phenoxy) is 1. The molecule has 10 rings (SSSR count). The van der Waals surface area contributed by atoms with Gasteiger partial charge in [-0.25, -0.2) is 0 Å². The quantitative estimate of drug-likeness (QED) is 0.183. The van der Waals surface area contributed by atoms with Gasteiger partial charge < -0.3 is 4.74 Å². The number of hydrogen-bond donors (Lipinski definition) is 0. The van der Waals surface area contributed by atoms with Gasteiger partial charge in [0.05, 0.1) is 0 Å². The summed E-state index contributed by atoms with van der Waals surface area (Å²) in [6.07, 6.45) is 0. The fourth-order valence-electron chi connectivity index (χ4n) is 7.28. The highest BCUT2D eigenvalue weighted by Crippen LogP contribution is 2.49. The molecule has 0 radical (unpaired) electrons. The molecule has 0 aliphatic carbocycles. The van der Waals surface area contributed by atoms with Gasteiger partial charge in [0.25, 0.3) is 0 Å². The van der Waals surface area contributed by atoms with Crippen LogP contribution in [-0.4, -0.2) is 0 Å². The van der Waals surface area contributed by atoms with Crippen molar-refractivity contribution in [3.8, 4) is 56.0 Å². The summed E-state index contributed by atoms with van der Waals surface area (Å²) in [5.74, 6) is 1.83. The zero-order valence-electron chi connectivity index (χ0n) is 24.8. The molecule has 0 saturated carbocycles. The van der Waals surface area contributed by atoms with Crippen molar-refractivity contribution in [3.05, 3.63) is 158 Å². The predicted molar refractivity (Wildman–Crippen MR) is 196 cm³/mol. The van der Waals surface area contributed by atoms with E-state index in [1.54, 1.807) is 0 Å². The zero-order chi connectivity index (χ0) is 30.2. The Morgan fingerprint density at radius 1 is 0.370 bits per heavy atom. The fraction of sp³-hybridized carbons (Fsp3) is 0. The van der Waals surface area contributed by atoms with Gasteiger partial charge in [0, 0.05) is 31.1 Å². The Hall–Kier alpha value is -5.70. The van der Waals surface area contributed by atoms with Gasteiger partial charge in [-0.1, -0.05) is 121 Å². The van der Waals surface area contributed by atoms with Crippen LogP contribution in [0, 0.1) is 0 Å². The second-order valence-corrected chi connectivity index (χ2v) is 13.1. The van der Waals surface area contributed by atoms with Gasteiger partial charge in [0.2, 0.25) is 0 Å². The van der Waals surface area contributed by atoms with Crippen molar-refractivity contribution < 1.29 is 4.74 Å². The Morgan fingerprint density at radius 2 is 1.00 bits per heavy atom. The summed E-state index contributed by atoms with van der Waals surface area (Å²) < 4.78 is 9.22. The molecule has 8 aromatic carbocycles. The van der Waals surface area contributed by atoms with Gasteiger partial charge in [-0.2, -0.15) is 0 Å². The Bertz CT molecular complexity index is 2680. The number of thiophene rings is 1. The molecule has 2 heterocycles. The molecule has 214 valence electrons. The smallest absolute Gasteiger partial charge is 0.136 e. The normalized spacial score (nSPS) is 12.1. The molecular weight excluding hydrogens is 577 g/mol. The lowest BCUT2D eigenvalue weighted by Gasteiger charge is -2.23. The largest absolute Gasteiger partial charge is 0.456 e. The molecule has 1 aliphatic heterocycles. The molecule has 9 aromatic rings. The summed E-state index contributed by atoms with van der Waals surface area (Å²) in [5.41, 5.74) is 9.67.